The molecule has 1 aromatic heterocycles. The predicted molar refractivity (Wildman–Crippen MR) is 66.1 cm³/mol. The normalized spacial score (nSPS) is 14.1. The number of nitrogens with zero attached hydrogens (tertiary/aromatic N) is 3. The van der Waals surface area contributed by atoms with Crippen molar-refractivity contribution < 1.29 is 0 Å². The van der Waals surface area contributed by atoms with E-state index in [4.69, 9.17) is 5.73 Å². The first-order valence-corrected chi connectivity index (χ1v) is 6.07. The average Bonchev–Trinajstić information content (AvgIpc) is 2.50. The fraction of sp³-hybridized carbons (Fsp3) is 0.833. The lowest BCUT2D eigenvalue weighted by molar-refractivity contribution is 0.297. The van der Waals surface area contributed by atoms with Crippen LogP contribution in [0.5, 0.6) is 0 Å². The molecule has 1 unspecified atom stereocenters. The summed E-state index contributed by atoms with van der Waals surface area (Å²) in [7, 11) is 0. The van der Waals surface area contributed by atoms with Gasteiger partial charge in [0.15, 0.2) is 0 Å². The lowest BCUT2D eigenvalue weighted by Gasteiger charge is -2.26. The van der Waals surface area contributed by atoms with Crippen molar-refractivity contribution in [3.63, 3.8) is 0 Å². The molecule has 4 nitrogen and oxygen atoms in total. The molecule has 0 amide bonds. The molecule has 0 spiro atoms. The molecule has 0 aliphatic rings. The first kappa shape index (κ1) is 13.2. The van der Waals surface area contributed by atoms with Crippen molar-refractivity contribution in [2.75, 3.05) is 0 Å². The maximum absolute atomic E-state index is 5.86. The number of nitrogens with two attached hydrogens (primary N) is 1. The summed E-state index contributed by atoms with van der Waals surface area (Å²) in [6.45, 7) is 9.63. The largest absolute Gasteiger partial charge is 0.328 e. The van der Waals surface area contributed by atoms with E-state index in [0.717, 1.165) is 31.6 Å². The second kappa shape index (κ2) is 5.43. The van der Waals surface area contributed by atoms with Crippen molar-refractivity contribution in [3.05, 3.63) is 12.2 Å². The van der Waals surface area contributed by atoms with E-state index in [2.05, 4.69) is 37.8 Å². The van der Waals surface area contributed by atoms with Crippen LogP contribution in [0.4, 0.5) is 0 Å². The van der Waals surface area contributed by atoms with Crippen LogP contribution in [0.2, 0.25) is 0 Å². The highest BCUT2D eigenvalue weighted by molar-refractivity contribution is 4.91. The quantitative estimate of drug-likeness (QED) is 0.804. The van der Waals surface area contributed by atoms with E-state index in [1.54, 1.807) is 6.33 Å². The van der Waals surface area contributed by atoms with Crippen LogP contribution in [-0.2, 0) is 13.0 Å². The van der Waals surface area contributed by atoms with E-state index in [1.165, 1.54) is 0 Å². The molecule has 1 heterocycles. The molecule has 1 rings (SSSR count). The fourth-order valence-corrected chi connectivity index (χ4v) is 2.20. The van der Waals surface area contributed by atoms with E-state index in [0.29, 0.717) is 0 Å². The summed E-state index contributed by atoms with van der Waals surface area (Å²) in [4.78, 5) is 4.34. The van der Waals surface area contributed by atoms with Crippen LogP contribution in [0.25, 0.3) is 0 Å². The molecule has 4 heteroatoms. The maximum Gasteiger partial charge on any atom is 0.138 e. The fourth-order valence-electron chi connectivity index (χ4n) is 2.20. The smallest absolute Gasteiger partial charge is 0.138 e. The number of aryl methyl sites for hydroxylation is 1. The first-order chi connectivity index (χ1) is 7.44. The molecule has 0 radical (unpaired) electrons. The third-order valence-corrected chi connectivity index (χ3v) is 2.64. The Kier molecular flexibility index (Phi) is 4.47. The van der Waals surface area contributed by atoms with Gasteiger partial charge in [0.1, 0.15) is 12.2 Å². The van der Waals surface area contributed by atoms with E-state index in [1.807, 2.05) is 4.68 Å². The van der Waals surface area contributed by atoms with Crippen molar-refractivity contribution in [1.82, 2.24) is 14.8 Å². The van der Waals surface area contributed by atoms with Gasteiger partial charge in [0.05, 0.1) is 0 Å². The minimum absolute atomic E-state index is 0.187. The standard InChI is InChI=1S/C12H24N4/c1-5-6-16-11(14-9-15-16)8-12(3,4)7-10(2)13/h9-10H,5-8,13H2,1-4H3. The molecule has 0 aliphatic carbocycles. The molecule has 0 fully saturated rings. The Balaban J connectivity index is 2.67. The summed E-state index contributed by atoms with van der Waals surface area (Å²) in [6, 6.07) is 0.234. The lowest BCUT2D eigenvalue weighted by atomic mass is 9.83. The molecule has 16 heavy (non-hydrogen) atoms. The van der Waals surface area contributed by atoms with Crippen molar-refractivity contribution in [3.8, 4) is 0 Å². The van der Waals surface area contributed by atoms with Crippen molar-refractivity contribution in [2.24, 2.45) is 11.1 Å². The minimum atomic E-state index is 0.187. The van der Waals surface area contributed by atoms with Gasteiger partial charge in [0, 0.05) is 19.0 Å². The molecule has 1 atom stereocenters. The third-order valence-electron chi connectivity index (χ3n) is 2.64. The number of rotatable bonds is 6. The zero-order valence-corrected chi connectivity index (χ0v) is 10.9. The van der Waals surface area contributed by atoms with Gasteiger partial charge in [-0.2, -0.15) is 5.10 Å². The summed E-state index contributed by atoms with van der Waals surface area (Å²) in [6.07, 6.45) is 4.68. The van der Waals surface area contributed by atoms with Crippen LogP contribution in [-0.4, -0.2) is 20.8 Å². The van der Waals surface area contributed by atoms with Crippen LogP contribution in [0.3, 0.4) is 0 Å². The zero-order valence-electron chi connectivity index (χ0n) is 10.9. The van der Waals surface area contributed by atoms with Crippen LogP contribution in [0.15, 0.2) is 6.33 Å². The number of hydrogen-bond donors (Lipinski definition) is 1. The summed E-state index contributed by atoms with van der Waals surface area (Å²) >= 11 is 0. The van der Waals surface area contributed by atoms with Crippen LogP contribution in [0.1, 0.15) is 46.4 Å². The monoisotopic (exact) mass is 224 g/mol. The zero-order chi connectivity index (χ0) is 12.2. The topological polar surface area (TPSA) is 56.7 Å². The average molecular weight is 224 g/mol. The highest BCUT2D eigenvalue weighted by Crippen LogP contribution is 2.26. The predicted octanol–water partition coefficient (Wildman–Crippen LogP) is 1.99. The third kappa shape index (κ3) is 3.93. The molecule has 0 saturated carbocycles. The molecule has 0 bridgehead atoms. The van der Waals surface area contributed by atoms with Gasteiger partial charge in [-0.25, -0.2) is 4.98 Å². The van der Waals surface area contributed by atoms with Gasteiger partial charge in [-0.1, -0.05) is 20.8 Å². The van der Waals surface area contributed by atoms with Crippen LogP contribution >= 0.6 is 0 Å². The van der Waals surface area contributed by atoms with Gasteiger partial charge < -0.3 is 5.73 Å². The van der Waals surface area contributed by atoms with Gasteiger partial charge >= 0.3 is 0 Å². The van der Waals surface area contributed by atoms with Gasteiger partial charge in [-0.05, 0) is 25.2 Å². The Morgan fingerprint density at radius 1 is 1.50 bits per heavy atom. The molecular formula is C12H24N4. The summed E-state index contributed by atoms with van der Waals surface area (Å²) in [5.41, 5.74) is 6.05. The Morgan fingerprint density at radius 2 is 2.19 bits per heavy atom. The molecule has 0 aromatic carbocycles. The Labute approximate surface area is 98.2 Å². The maximum atomic E-state index is 5.86. The Bertz CT molecular complexity index is 315. The van der Waals surface area contributed by atoms with Crippen molar-refractivity contribution >= 4 is 0 Å². The van der Waals surface area contributed by atoms with Crippen LogP contribution in [0, 0.1) is 5.41 Å². The van der Waals surface area contributed by atoms with Gasteiger partial charge in [0.25, 0.3) is 0 Å². The summed E-state index contributed by atoms with van der Waals surface area (Å²) in [5.74, 6) is 1.08. The highest BCUT2D eigenvalue weighted by Gasteiger charge is 2.22. The molecule has 92 valence electrons. The SMILES string of the molecule is CCCn1ncnc1CC(C)(C)CC(C)N. The summed E-state index contributed by atoms with van der Waals surface area (Å²) in [5, 5.41) is 4.24. The van der Waals surface area contributed by atoms with Gasteiger partial charge in [-0.3, -0.25) is 4.68 Å². The highest BCUT2D eigenvalue weighted by atomic mass is 15.3. The molecule has 0 aliphatic heterocycles. The molecular weight excluding hydrogens is 200 g/mol. The molecule has 2 N–H and O–H groups in total. The first-order valence-electron chi connectivity index (χ1n) is 6.07. The van der Waals surface area contributed by atoms with Crippen molar-refractivity contribution in [2.45, 2.75) is 59.5 Å². The number of hydrogen-bond acceptors (Lipinski definition) is 3. The second-order valence-electron chi connectivity index (χ2n) is 5.42. The molecule has 0 saturated heterocycles. The lowest BCUT2D eigenvalue weighted by Crippen LogP contribution is -2.27. The molecule has 1 aromatic rings. The van der Waals surface area contributed by atoms with Crippen LogP contribution < -0.4 is 5.73 Å². The van der Waals surface area contributed by atoms with E-state index in [-0.39, 0.29) is 11.5 Å². The number of aromatic nitrogens is 3. The van der Waals surface area contributed by atoms with E-state index < -0.39 is 0 Å². The minimum Gasteiger partial charge on any atom is -0.328 e. The Morgan fingerprint density at radius 3 is 2.75 bits per heavy atom. The summed E-state index contributed by atoms with van der Waals surface area (Å²) < 4.78 is 2.00. The van der Waals surface area contributed by atoms with E-state index >= 15 is 0 Å². The second-order valence-corrected chi connectivity index (χ2v) is 5.42. The van der Waals surface area contributed by atoms with Crippen molar-refractivity contribution in [1.29, 1.82) is 0 Å². The van der Waals surface area contributed by atoms with Gasteiger partial charge in [0.2, 0.25) is 0 Å². The Hall–Kier alpha value is -0.900. The van der Waals surface area contributed by atoms with Gasteiger partial charge in [-0.15, -0.1) is 0 Å². The van der Waals surface area contributed by atoms with E-state index in [9.17, 15) is 0 Å².